The highest BCUT2D eigenvalue weighted by molar-refractivity contribution is 7.89. The van der Waals surface area contributed by atoms with Crippen LogP contribution in [-0.4, -0.2) is 52.5 Å². The van der Waals surface area contributed by atoms with Gasteiger partial charge in [-0.25, -0.2) is 12.7 Å². The molecule has 1 aliphatic heterocycles. The lowest BCUT2D eigenvalue weighted by molar-refractivity contribution is -0.125. The molecule has 0 spiro atoms. The predicted molar refractivity (Wildman–Crippen MR) is 111 cm³/mol. The lowest BCUT2D eigenvalue weighted by Crippen LogP contribution is -2.41. The zero-order valence-corrected chi connectivity index (χ0v) is 17.9. The van der Waals surface area contributed by atoms with E-state index in [0.717, 1.165) is 11.3 Å². The van der Waals surface area contributed by atoms with Crippen LogP contribution < -0.4 is 14.4 Å². The number of anilines is 1. The van der Waals surface area contributed by atoms with Crippen molar-refractivity contribution in [3.05, 3.63) is 48.0 Å². The van der Waals surface area contributed by atoms with Gasteiger partial charge in [0.05, 0.1) is 12.0 Å². The fourth-order valence-electron chi connectivity index (χ4n) is 3.28. The maximum Gasteiger partial charge on any atom is 0.268 e. The number of sulfonamides is 1. The van der Waals surface area contributed by atoms with E-state index < -0.39 is 16.1 Å². The molecule has 0 saturated heterocycles. The molecule has 0 aromatic heterocycles. The molecule has 0 fully saturated rings. The molecular formula is C21H26N2O5S. The van der Waals surface area contributed by atoms with Crippen molar-refractivity contribution in [2.24, 2.45) is 0 Å². The van der Waals surface area contributed by atoms with E-state index in [1.54, 1.807) is 54.5 Å². The summed E-state index contributed by atoms with van der Waals surface area (Å²) in [4.78, 5) is 15.0. The number of nitrogens with zero attached hydrogens (tertiary/aromatic N) is 2. The third kappa shape index (κ3) is 4.23. The van der Waals surface area contributed by atoms with Crippen LogP contribution in [0.15, 0.2) is 47.4 Å². The summed E-state index contributed by atoms with van der Waals surface area (Å²) < 4.78 is 37.0. The third-order valence-electron chi connectivity index (χ3n) is 4.98. The first kappa shape index (κ1) is 21.1. The van der Waals surface area contributed by atoms with Gasteiger partial charge in [-0.1, -0.05) is 6.92 Å². The Kier molecular flexibility index (Phi) is 6.14. The average Bonchev–Trinajstić information content (AvgIpc) is 3.15. The Morgan fingerprint density at radius 3 is 2.38 bits per heavy atom. The molecule has 1 heterocycles. The molecule has 0 radical (unpaired) electrons. The van der Waals surface area contributed by atoms with E-state index in [-0.39, 0.29) is 10.8 Å². The molecule has 0 saturated carbocycles. The van der Waals surface area contributed by atoms with Gasteiger partial charge in [-0.05, 0) is 60.9 Å². The van der Waals surface area contributed by atoms with E-state index in [4.69, 9.17) is 9.47 Å². The van der Waals surface area contributed by atoms with Crippen molar-refractivity contribution >= 4 is 21.6 Å². The normalized spacial score (nSPS) is 14.6. The van der Waals surface area contributed by atoms with E-state index in [2.05, 4.69) is 0 Å². The van der Waals surface area contributed by atoms with Crippen molar-refractivity contribution in [3.8, 4) is 11.5 Å². The molecule has 2 aromatic rings. The third-order valence-corrected chi connectivity index (χ3v) is 6.79. The molecule has 0 unspecified atom stereocenters. The van der Waals surface area contributed by atoms with Crippen molar-refractivity contribution < 1.29 is 22.7 Å². The number of rotatable bonds is 7. The summed E-state index contributed by atoms with van der Waals surface area (Å²) in [7, 11) is 1.08. The Bertz CT molecular complexity index is 987. The lowest BCUT2D eigenvalue weighted by atomic mass is 10.1. The summed E-state index contributed by atoms with van der Waals surface area (Å²) in [5.41, 5.74) is 1.59. The molecule has 1 atom stereocenters. The van der Waals surface area contributed by atoms with Crippen LogP contribution in [0.3, 0.4) is 0 Å². The molecule has 0 N–H and O–H groups in total. The Hall–Kier alpha value is -2.58. The zero-order valence-electron chi connectivity index (χ0n) is 17.1. The quantitative estimate of drug-likeness (QED) is 0.691. The highest BCUT2D eigenvalue weighted by atomic mass is 32.2. The second kappa shape index (κ2) is 8.42. The van der Waals surface area contributed by atoms with E-state index in [1.165, 1.54) is 18.4 Å². The highest BCUT2D eigenvalue weighted by Gasteiger charge is 2.32. The maximum absolute atomic E-state index is 13.1. The van der Waals surface area contributed by atoms with Crippen molar-refractivity contribution in [1.29, 1.82) is 0 Å². The second-order valence-corrected chi connectivity index (χ2v) is 9.16. The highest BCUT2D eigenvalue weighted by Crippen LogP contribution is 2.32. The summed E-state index contributed by atoms with van der Waals surface area (Å²) in [6, 6.07) is 12.0. The summed E-state index contributed by atoms with van der Waals surface area (Å²) in [5.74, 6) is 1.18. The van der Waals surface area contributed by atoms with E-state index in [0.29, 0.717) is 30.9 Å². The van der Waals surface area contributed by atoms with Gasteiger partial charge in [0.1, 0.15) is 11.5 Å². The second-order valence-electron chi connectivity index (χ2n) is 7.01. The summed E-state index contributed by atoms with van der Waals surface area (Å²) in [6.45, 7) is 2.40. The SMILES string of the molecule is CC[C@@H](Oc1ccc(OC)cc1)C(=O)N1CCc2cc(S(=O)(=O)N(C)C)ccc21. The van der Waals surface area contributed by atoms with Gasteiger partial charge >= 0.3 is 0 Å². The Balaban J connectivity index is 1.80. The molecule has 0 aliphatic carbocycles. The molecule has 8 heteroatoms. The fraction of sp³-hybridized carbons (Fsp3) is 0.381. The molecule has 1 amide bonds. The minimum Gasteiger partial charge on any atom is -0.497 e. The number of carbonyl (C=O) groups is 1. The summed E-state index contributed by atoms with van der Waals surface area (Å²) >= 11 is 0. The van der Waals surface area contributed by atoms with Gasteiger partial charge in [0.2, 0.25) is 10.0 Å². The number of benzene rings is 2. The molecule has 0 bridgehead atoms. The molecule has 7 nitrogen and oxygen atoms in total. The number of fused-ring (bicyclic) bond motifs is 1. The molecular weight excluding hydrogens is 392 g/mol. The standard InChI is InChI=1S/C21H26N2O5S/c1-5-20(28-17-8-6-16(27-4)7-9-17)21(24)23-13-12-15-14-18(10-11-19(15)23)29(25,26)22(2)3/h6-11,14,20H,5,12-13H2,1-4H3/t20-/m1/s1. The number of ether oxygens (including phenoxy) is 2. The van der Waals surface area contributed by atoms with Crippen molar-refractivity contribution in [3.63, 3.8) is 0 Å². The number of methoxy groups -OCH3 is 1. The maximum atomic E-state index is 13.1. The lowest BCUT2D eigenvalue weighted by Gasteiger charge is -2.24. The Labute approximate surface area is 171 Å². The average molecular weight is 419 g/mol. The molecule has 156 valence electrons. The van der Waals surface area contributed by atoms with Crippen molar-refractivity contribution in [1.82, 2.24) is 4.31 Å². The summed E-state index contributed by atoms with van der Waals surface area (Å²) in [5, 5.41) is 0. The van der Waals surface area contributed by atoms with E-state index >= 15 is 0 Å². The minimum absolute atomic E-state index is 0.134. The smallest absolute Gasteiger partial charge is 0.268 e. The first-order valence-electron chi connectivity index (χ1n) is 9.45. The first-order valence-corrected chi connectivity index (χ1v) is 10.9. The number of amides is 1. The molecule has 2 aromatic carbocycles. The van der Waals surface area contributed by atoms with Crippen molar-refractivity contribution in [2.45, 2.75) is 30.8 Å². The topological polar surface area (TPSA) is 76.1 Å². The van der Waals surface area contributed by atoms with Crippen LogP contribution in [0.2, 0.25) is 0 Å². The van der Waals surface area contributed by atoms with E-state index in [9.17, 15) is 13.2 Å². The van der Waals surface area contributed by atoms with Crippen LogP contribution in [-0.2, 0) is 21.2 Å². The van der Waals surface area contributed by atoms with Crippen molar-refractivity contribution in [2.75, 3.05) is 32.6 Å². The van der Waals surface area contributed by atoms with Gasteiger partial charge < -0.3 is 14.4 Å². The monoisotopic (exact) mass is 418 g/mol. The van der Waals surface area contributed by atoms with E-state index in [1.807, 2.05) is 6.92 Å². The molecule has 3 rings (SSSR count). The number of hydrogen-bond donors (Lipinski definition) is 0. The number of hydrogen-bond acceptors (Lipinski definition) is 5. The predicted octanol–water partition coefficient (Wildman–Crippen LogP) is 2.69. The van der Waals surface area contributed by atoms with Gasteiger partial charge in [0.25, 0.3) is 5.91 Å². The van der Waals surface area contributed by atoms with Crippen LogP contribution in [0.25, 0.3) is 0 Å². The van der Waals surface area contributed by atoms with Crippen LogP contribution >= 0.6 is 0 Å². The minimum atomic E-state index is -3.51. The molecule has 29 heavy (non-hydrogen) atoms. The van der Waals surface area contributed by atoms with Gasteiger partial charge in [-0.3, -0.25) is 4.79 Å². The van der Waals surface area contributed by atoms with Gasteiger partial charge in [-0.2, -0.15) is 0 Å². The first-order chi connectivity index (χ1) is 13.8. The van der Waals surface area contributed by atoms with Crippen LogP contribution in [0, 0.1) is 0 Å². The summed E-state index contributed by atoms with van der Waals surface area (Å²) in [6.07, 6.45) is 0.500. The van der Waals surface area contributed by atoms with Gasteiger partial charge in [0.15, 0.2) is 6.10 Å². The van der Waals surface area contributed by atoms with Crippen LogP contribution in [0.1, 0.15) is 18.9 Å². The fourth-order valence-corrected chi connectivity index (χ4v) is 4.23. The van der Waals surface area contributed by atoms with Gasteiger partial charge in [-0.15, -0.1) is 0 Å². The number of carbonyl (C=O) groups excluding carboxylic acids is 1. The van der Waals surface area contributed by atoms with Gasteiger partial charge in [0, 0.05) is 26.3 Å². The Morgan fingerprint density at radius 2 is 1.79 bits per heavy atom. The largest absolute Gasteiger partial charge is 0.497 e. The zero-order chi connectivity index (χ0) is 21.2. The Morgan fingerprint density at radius 1 is 1.14 bits per heavy atom. The van der Waals surface area contributed by atoms with Crippen LogP contribution in [0.5, 0.6) is 11.5 Å². The van der Waals surface area contributed by atoms with Crippen LogP contribution in [0.4, 0.5) is 5.69 Å². The molecule has 1 aliphatic rings.